The van der Waals surface area contributed by atoms with Gasteiger partial charge in [-0.1, -0.05) is 66.2 Å². The van der Waals surface area contributed by atoms with Crippen LogP contribution in [0.2, 0.25) is 0 Å². The predicted molar refractivity (Wildman–Crippen MR) is 178 cm³/mol. The number of benzene rings is 4. The number of sulfonamides is 1. The summed E-state index contributed by atoms with van der Waals surface area (Å²) in [7, 11) is -4.22. The number of halogens is 1. The Kier molecular flexibility index (Phi) is 11.4. The molecule has 4 rings (SSSR count). The van der Waals surface area contributed by atoms with Gasteiger partial charge in [0.2, 0.25) is 11.8 Å². The standard InChI is InChI=1S/C35H38FN3O4S2/c1-25(2)37-35(41)33(22-27-10-6-5-7-11-27)38(23-28-12-8-9-13-32(28)36)34(40)24-39(29-16-14-26(3)15-17-29)45(42,43)31-20-18-30(44-4)19-21-31/h5-21,25,33H,22-24H2,1-4H3,(H,37,41). The SMILES string of the molecule is CSc1ccc(S(=O)(=O)N(CC(=O)N(Cc2ccccc2F)C(Cc2ccccc2)C(=O)NC(C)C)c2ccc(C)cc2)cc1. The van der Waals surface area contributed by atoms with Gasteiger partial charge in [0.05, 0.1) is 10.6 Å². The Labute approximate surface area is 269 Å². The van der Waals surface area contributed by atoms with Crippen LogP contribution in [-0.2, 0) is 32.6 Å². The molecule has 0 radical (unpaired) electrons. The first-order valence-electron chi connectivity index (χ1n) is 14.6. The van der Waals surface area contributed by atoms with Gasteiger partial charge in [0, 0.05) is 29.5 Å². The molecular formula is C35H38FN3O4S2. The van der Waals surface area contributed by atoms with Crippen LogP contribution in [0.15, 0.2) is 113 Å². The van der Waals surface area contributed by atoms with E-state index in [4.69, 9.17) is 0 Å². The molecule has 0 aliphatic carbocycles. The van der Waals surface area contributed by atoms with Crippen molar-refractivity contribution < 1.29 is 22.4 Å². The summed E-state index contributed by atoms with van der Waals surface area (Å²) in [4.78, 5) is 30.3. The van der Waals surface area contributed by atoms with Crippen LogP contribution >= 0.6 is 11.8 Å². The molecule has 0 aliphatic rings. The smallest absolute Gasteiger partial charge is 0.264 e. The minimum absolute atomic E-state index is 0.0210. The summed E-state index contributed by atoms with van der Waals surface area (Å²) >= 11 is 1.48. The molecule has 4 aromatic carbocycles. The van der Waals surface area contributed by atoms with E-state index < -0.39 is 40.2 Å². The van der Waals surface area contributed by atoms with Gasteiger partial charge in [-0.3, -0.25) is 13.9 Å². The molecule has 2 amide bonds. The van der Waals surface area contributed by atoms with E-state index in [-0.39, 0.29) is 29.5 Å². The lowest BCUT2D eigenvalue weighted by Gasteiger charge is -2.34. The fraction of sp³-hybridized carbons (Fsp3) is 0.257. The maximum absolute atomic E-state index is 15.0. The largest absolute Gasteiger partial charge is 0.352 e. The Morgan fingerprint density at radius 1 is 0.867 bits per heavy atom. The highest BCUT2D eigenvalue weighted by molar-refractivity contribution is 7.98. The number of amides is 2. The Balaban J connectivity index is 1.81. The third-order valence-corrected chi connectivity index (χ3v) is 9.78. The van der Waals surface area contributed by atoms with Crippen molar-refractivity contribution in [2.24, 2.45) is 0 Å². The zero-order valence-electron chi connectivity index (χ0n) is 25.8. The van der Waals surface area contributed by atoms with Crippen molar-refractivity contribution in [2.75, 3.05) is 17.1 Å². The fourth-order valence-corrected chi connectivity index (χ4v) is 6.68. The number of hydrogen-bond donors (Lipinski definition) is 1. The van der Waals surface area contributed by atoms with Crippen LogP contribution in [0.1, 0.15) is 30.5 Å². The van der Waals surface area contributed by atoms with E-state index in [2.05, 4.69) is 5.32 Å². The average Bonchev–Trinajstić information content (AvgIpc) is 3.03. The van der Waals surface area contributed by atoms with Gasteiger partial charge in [0.15, 0.2) is 0 Å². The summed E-state index contributed by atoms with van der Waals surface area (Å²) in [6.45, 7) is 4.67. The highest BCUT2D eigenvalue weighted by atomic mass is 32.2. The molecule has 0 saturated carbocycles. The van der Waals surface area contributed by atoms with Crippen molar-refractivity contribution >= 4 is 39.3 Å². The van der Waals surface area contributed by atoms with Crippen molar-refractivity contribution in [1.82, 2.24) is 10.2 Å². The zero-order valence-corrected chi connectivity index (χ0v) is 27.4. The Morgan fingerprint density at radius 3 is 2.09 bits per heavy atom. The van der Waals surface area contributed by atoms with Crippen LogP contribution in [0, 0.1) is 12.7 Å². The molecule has 1 atom stereocenters. The molecule has 0 saturated heterocycles. The molecule has 1 unspecified atom stereocenters. The molecule has 0 aliphatic heterocycles. The first kappa shape index (κ1) is 33.7. The molecule has 0 fully saturated rings. The van der Waals surface area contributed by atoms with Crippen molar-refractivity contribution in [2.45, 2.75) is 55.6 Å². The van der Waals surface area contributed by atoms with E-state index in [0.717, 1.165) is 20.3 Å². The molecule has 7 nitrogen and oxygen atoms in total. The van der Waals surface area contributed by atoms with Crippen LogP contribution in [0.3, 0.4) is 0 Å². The number of thioether (sulfide) groups is 1. The minimum atomic E-state index is -4.22. The molecule has 1 N–H and O–H groups in total. The molecular weight excluding hydrogens is 610 g/mol. The van der Waals surface area contributed by atoms with Crippen molar-refractivity contribution in [3.05, 3.63) is 126 Å². The van der Waals surface area contributed by atoms with Crippen molar-refractivity contribution in [1.29, 1.82) is 0 Å². The monoisotopic (exact) mass is 647 g/mol. The van der Waals surface area contributed by atoms with Gasteiger partial charge in [-0.25, -0.2) is 12.8 Å². The first-order valence-corrected chi connectivity index (χ1v) is 17.3. The Bertz CT molecular complexity index is 1700. The quantitative estimate of drug-likeness (QED) is 0.174. The molecule has 45 heavy (non-hydrogen) atoms. The number of rotatable bonds is 13. The molecule has 236 valence electrons. The Morgan fingerprint density at radius 2 is 1.49 bits per heavy atom. The van der Waals surface area contributed by atoms with Gasteiger partial charge in [-0.05, 0) is 75.1 Å². The maximum atomic E-state index is 15.0. The topological polar surface area (TPSA) is 86.8 Å². The highest BCUT2D eigenvalue weighted by Crippen LogP contribution is 2.27. The second-order valence-electron chi connectivity index (χ2n) is 11.0. The van der Waals surface area contributed by atoms with Gasteiger partial charge in [-0.2, -0.15) is 0 Å². The predicted octanol–water partition coefficient (Wildman–Crippen LogP) is 6.22. The van der Waals surface area contributed by atoms with Gasteiger partial charge in [0.1, 0.15) is 18.4 Å². The lowest BCUT2D eigenvalue weighted by Crippen LogP contribution is -2.54. The minimum Gasteiger partial charge on any atom is -0.352 e. The van der Waals surface area contributed by atoms with Crippen LogP contribution in [-0.4, -0.2) is 50.0 Å². The molecule has 0 bridgehead atoms. The number of nitrogens with one attached hydrogen (secondary N) is 1. The van der Waals surface area contributed by atoms with Crippen LogP contribution in [0.4, 0.5) is 10.1 Å². The molecule has 0 heterocycles. The van der Waals surface area contributed by atoms with Crippen LogP contribution < -0.4 is 9.62 Å². The fourth-order valence-electron chi connectivity index (χ4n) is 4.86. The summed E-state index contributed by atoms with van der Waals surface area (Å²) in [6.07, 6.45) is 2.04. The number of aryl methyl sites for hydroxylation is 1. The average molecular weight is 648 g/mol. The van der Waals surface area contributed by atoms with Gasteiger partial charge in [-0.15, -0.1) is 11.8 Å². The molecule has 4 aromatic rings. The summed E-state index contributed by atoms with van der Waals surface area (Å²) in [5, 5.41) is 2.90. The highest BCUT2D eigenvalue weighted by Gasteiger charge is 2.35. The first-order chi connectivity index (χ1) is 21.5. The summed E-state index contributed by atoms with van der Waals surface area (Å²) in [5.74, 6) is -1.60. The second kappa shape index (κ2) is 15.2. The number of anilines is 1. The van der Waals surface area contributed by atoms with E-state index in [1.54, 1.807) is 54.6 Å². The number of nitrogens with zero attached hydrogens (tertiary/aromatic N) is 2. The molecule has 10 heteroatoms. The number of carbonyl (C=O) groups is 2. The lowest BCUT2D eigenvalue weighted by atomic mass is 10.0. The normalized spacial score (nSPS) is 12.0. The van der Waals surface area contributed by atoms with Crippen LogP contribution in [0.25, 0.3) is 0 Å². The number of hydrogen-bond acceptors (Lipinski definition) is 5. The molecule has 0 spiro atoms. The van der Waals surface area contributed by atoms with E-state index in [0.29, 0.717) is 5.69 Å². The third kappa shape index (κ3) is 8.73. The van der Waals surface area contributed by atoms with Gasteiger partial charge < -0.3 is 10.2 Å². The number of carbonyl (C=O) groups excluding carboxylic acids is 2. The van der Waals surface area contributed by atoms with E-state index in [1.807, 2.05) is 57.4 Å². The summed E-state index contributed by atoms with van der Waals surface area (Å²) in [5.41, 5.74) is 2.21. The zero-order chi connectivity index (χ0) is 32.6. The van der Waals surface area contributed by atoms with E-state index in [9.17, 15) is 18.0 Å². The Hall–Kier alpha value is -4.15. The summed E-state index contributed by atoms with van der Waals surface area (Å²) < 4.78 is 44.3. The molecule has 0 aromatic heterocycles. The second-order valence-corrected chi connectivity index (χ2v) is 13.7. The van der Waals surface area contributed by atoms with Gasteiger partial charge >= 0.3 is 0 Å². The van der Waals surface area contributed by atoms with E-state index >= 15 is 4.39 Å². The van der Waals surface area contributed by atoms with Crippen molar-refractivity contribution in [3.63, 3.8) is 0 Å². The van der Waals surface area contributed by atoms with Crippen LogP contribution in [0.5, 0.6) is 0 Å². The maximum Gasteiger partial charge on any atom is 0.264 e. The van der Waals surface area contributed by atoms with Crippen molar-refractivity contribution in [3.8, 4) is 0 Å². The lowest BCUT2D eigenvalue weighted by molar-refractivity contribution is -0.140. The van der Waals surface area contributed by atoms with E-state index in [1.165, 1.54) is 34.9 Å². The summed E-state index contributed by atoms with van der Waals surface area (Å²) in [6, 6.07) is 27.3. The third-order valence-electron chi connectivity index (χ3n) is 7.25. The van der Waals surface area contributed by atoms with Gasteiger partial charge in [0.25, 0.3) is 10.0 Å².